The van der Waals surface area contributed by atoms with E-state index in [4.69, 9.17) is 0 Å². The highest BCUT2D eigenvalue weighted by Crippen LogP contribution is 2.42. The Kier molecular flexibility index (Phi) is 2.68. The minimum Gasteiger partial charge on any atom is -0.310 e. The highest BCUT2D eigenvalue weighted by Gasteiger charge is 2.67. The molecule has 1 nitrogen and oxygen atoms in total. The van der Waals surface area contributed by atoms with Crippen molar-refractivity contribution >= 4 is 0 Å². The molecule has 0 amide bonds. The minimum absolute atomic E-state index is 1.47. The predicted molar refractivity (Wildman–Crippen MR) is 29.0 cm³/mol. The Bertz CT molecular complexity index is 142. The minimum atomic E-state index is -5.52. The van der Waals surface area contributed by atoms with E-state index in [0.29, 0.717) is 0 Å². The molecule has 0 spiro atoms. The van der Waals surface area contributed by atoms with Gasteiger partial charge in [0.25, 0.3) is 0 Å². The van der Waals surface area contributed by atoms with Crippen LogP contribution in [0.25, 0.3) is 0 Å². The Morgan fingerprint density at radius 1 is 0.917 bits per heavy atom. The fourth-order valence-electron chi connectivity index (χ4n) is 0.444. The van der Waals surface area contributed by atoms with Crippen LogP contribution in [0.2, 0.25) is 0 Å². The van der Waals surface area contributed by atoms with E-state index in [1.165, 1.54) is 0 Å². The van der Waals surface area contributed by atoms with Gasteiger partial charge in [-0.15, -0.1) is 0 Å². The molecule has 1 radical (unpaired) electrons. The van der Waals surface area contributed by atoms with Crippen LogP contribution in [0.4, 0.5) is 26.3 Å². The first kappa shape index (κ1) is 11.5. The zero-order chi connectivity index (χ0) is 10.2. The van der Waals surface area contributed by atoms with Crippen molar-refractivity contribution in [3.63, 3.8) is 0 Å². The van der Waals surface area contributed by atoms with Crippen molar-refractivity contribution < 1.29 is 26.3 Å². The molecule has 2 N–H and O–H groups in total. The summed E-state index contributed by atoms with van der Waals surface area (Å²) >= 11 is 0. The smallest absolute Gasteiger partial charge is 0.310 e. The van der Waals surface area contributed by atoms with Crippen molar-refractivity contribution in [2.75, 3.05) is 0 Å². The number of nitrogens with two attached hydrogens (primary N) is 1. The first-order valence-corrected chi connectivity index (χ1v) is 2.78. The molecule has 0 unspecified atom stereocenters. The van der Waals surface area contributed by atoms with E-state index in [0.717, 1.165) is 0 Å². The van der Waals surface area contributed by atoms with Gasteiger partial charge >= 0.3 is 12.4 Å². The molecule has 0 aromatic carbocycles. The van der Waals surface area contributed by atoms with Crippen molar-refractivity contribution in [2.45, 2.75) is 24.3 Å². The Balaban J connectivity index is 4.95. The highest BCUT2D eigenvalue weighted by atomic mass is 19.4. The second-order valence-corrected chi connectivity index (χ2v) is 2.22. The lowest BCUT2D eigenvalue weighted by molar-refractivity contribution is -0.295. The van der Waals surface area contributed by atoms with Crippen LogP contribution in [-0.2, 0) is 0 Å². The van der Waals surface area contributed by atoms with Crippen LogP contribution in [0, 0.1) is 6.92 Å². The number of rotatable bonds is 1. The molecule has 73 valence electrons. The van der Waals surface area contributed by atoms with E-state index in [1.54, 1.807) is 0 Å². The average Bonchev–Trinajstić information content (AvgIpc) is 1.81. The van der Waals surface area contributed by atoms with Crippen molar-refractivity contribution in [1.29, 1.82) is 0 Å². The van der Waals surface area contributed by atoms with Gasteiger partial charge in [0.2, 0.25) is 5.54 Å². The fourth-order valence-corrected chi connectivity index (χ4v) is 0.444. The molecule has 0 bridgehead atoms. The predicted octanol–water partition coefficient (Wildman–Crippen LogP) is 2.03. The molecule has 12 heavy (non-hydrogen) atoms. The largest absolute Gasteiger partial charge is 0.415 e. The van der Waals surface area contributed by atoms with E-state index in [9.17, 15) is 26.3 Å². The van der Waals surface area contributed by atoms with E-state index in [-0.39, 0.29) is 0 Å². The van der Waals surface area contributed by atoms with Crippen LogP contribution in [0.5, 0.6) is 0 Å². The van der Waals surface area contributed by atoms with Gasteiger partial charge in [-0.3, -0.25) is 0 Å². The van der Waals surface area contributed by atoms with E-state index < -0.39 is 24.3 Å². The number of alkyl halides is 6. The summed E-state index contributed by atoms with van der Waals surface area (Å²) in [5.41, 5.74) is -0.0556. The molecule has 0 aliphatic rings. The van der Waals surface area contributed by atoms with Gasteiger partial charge in [0, 0.05) is 0 Å². The SMILES string of the molecule is [CH2]CC(N)(C(F)(F)F)C(F)(F)F. The highest BCUT2D eigenvalue weighted by molar-refractivity contribution is 4.99. The molecule has 0 heterocycles. The first-order chi connectivity index (χ1) is 5.06. The summed E-state index contributed by atoms with van der Waals surface area (Å²) in [5.74, 6) is 0. The van der Waals surface area contributed by atoms with E-state index in [2.05, 4.69) is 12.7 Å². The maximum atomic E-state index is 11.7. The van der Waals surface area contributed by atoms with E-state index in [1.807, 2.05) is 0 Å². The lowest BCUT2D eigenvalue weighted by atomic mass is 9.96. The molecule has 0 aromatic rings. The van der Waals surface area contributed by atoms with Crippen LogP contribution in [-0.4, -0.2) is 17.9 Å². The van der Waals surface area contributed by atoms with Crippen molar-refractivity contribution in [3.05, 3.63) is 6.92 Å². The normalized spacial score (nSPS) is 15.0. The maximum Gasteiger partial charge on any atom is 0.415 e. The van der Waals surface area contributed by atoms with Gasteiger partial charge in [0.15, 0.2) is 0 Å². The van der Waals surface area contributed by atoms with Crippen LogP contribution < -0.4 is 5.73 Å². The summed E-state index contributed by atoms with van der Waals surface area (Å²) in [4.78, 5) is 0. The van der Waals surface area contributed by atoms with Crippen LogP contribution in [0.1, 0.15) is 6.42 Å². The van der Waals surface area contributed by atoms with Gasteiger partial charge in [0.1, 0.15) is 0 Å². The Hall–Kier alpha value is -0.460. The molecule has 7 heteroatoms. The number of halogens is 6. The molecular formula is C5H6F6N. The number of hydrogen-bond acceptors (Lipinski definition) is 1. The van der Waals surface area contributed by atoms with Gasteiger partial charge in [-0.05, 0) is 6.42 Å². The molecule has 0 aromatic heterocycles. The summed E-state index contributed by atoms with van der Waals surface area (Å²) < 4.78 is 70.3. The molecule has 0 aliphatic heterocycles. The Morgan fingerprint density at radius 2 is 1.17 bits per heavy atom. The molecule has 0 saturated carbocycles. The van der Waals surface area contributed by atoms with Gasteiger partial charge in [-0.1, -0.05) is 6.92 Å². The lowest BCUT2D eigenvalue weighted by Crippen LogP contribution is -2.63. The zero-order valence-corrected chi connectivity index (χ0v) is 5.76. The molecule has 0 fully saturated rings. The van der Waals surface area contributed by atoms with Gasteiger partial charge < -0.3 is 5.73 Å². The quantitative estimate of drug-likeness (QED) is 0.635. The molecule has 0 rings (SSSR count). The van der Waals surface area contributed by atoms with Crippen molar-refractivity contribution in [2.24, 2.45) is 5.73 Å². The molecule has 0 saturated heterocycles. The second-order valence-electron chi connectivity index (χ2n) is 2.22. The second kappa shape index (κ2) is 2.79. The Morgan fingerprint density at radius 3 is 1.17 bits per heavy atom. The molecule has 0 atom stereocenters. The molecular weight excluding hydrogens is 188 g/mol. The van der Waals surface area contributed by atoms with Crippen LogP contribution in [0.3, 0.4) is 0 Å². The summed E-state index contributed by atoms with van der Waals surface area (Å²) in [6.45, 7) is 2.53. The van der Waals surface area contributed by atoms with Crippen LogP contribution in [0.15, 0.2) is 0 Å². The third-order valence-corrected chi connectivity index (χ3v) is 1.41. The topological polar surface area (TPSA) is 26.0 Å². The van der Waals surface area contributed by atoms with Crippen LogP contribution >= 0.6 is 0 Å². The van der Waals surface area contributed by atoms with Gasteiger partial charge in [0.05, 0.1) is 0 Å². The number of hydrogen-bond donors (Lipinski definition) is 1. The zero-order valence-electron chi connectivity index (χ0n) is 5.76. The summed E-state index contributed by atoms with van der Waals surface area (Å²) in [7, 11) is 0. The third-order valence-electron chi connectivity index (χ3n) is 1.41. The lowest BCUT2D eigenvalue weighted by Gasteiger charge is -2.32. The van der Waals surface area contributed by atoms with Crippen molar-refractivity contribution in [1.82, 2.24) is 0 Å². The molecule has 0 aliphatic carbocycles. The average molecular weight is 194 g/mol. The van der Waals surface area contributed by atoms with Crippen molar-refractivity contribution in [3.8, 4) is 0 Å². The fraction of sp³-hybridized carbons (Fsp3) is 0.800. The maximum absolute atomic E-state index is 11.7. The monoisotopic (exact) mass is 194 g/mol. The van der Waals surface area contributed by atoms with E-state index >= 15 is 0 Å². The third kappa shape index (κ3) is 1.65. The summed E-state index contributed by atoms with van der Waals surface area (Å²) in [6, 6.07) is 0. The summed E-state index contributed by atoms with van der Waals surface area (Å²) in [5, 5.41) is 0. The Labute approximate surface area is 64.5 Å². The van der Waals surface area contributed by atoms with Gasteiger partial charge in [-0.2, -0.15) is 26.3 Å². The first-order valence-electron chi connectivity index (χ1n) is 2.78. The summed E-state index contributed by atoms with van der Waals surface area (Å²) in [6.07, 6.45) is -12.5. The van der Waals surface area contributed by atoms with Gasteiger partial charge in [-0.25, -0.2) is 0 Å². The standard InChI is InChI=1S/C5H6F6N/c1-2-3(12,4(6,7)8)5(9,10)11/h1-2,12H2.